The van der Waals surface area contributed by atoms with E-state index in [1.165, 1.54) is 0 Å². The summed E-state index contributed by atoms with van der Waals surface area (Å²) in [6.45, 7) is 2.96. The lowest BCUT2D eigenvalue weighted by Gasteiger charge is -2.06. The third kappa shape index (κ3) is 1.76. The number of aromatic nitrogens is 1. The van der Waals surface area contributed by atoms with E-state index in [9.17, 15) is 0 Å². The van der Waals surface area contributed by atoms with Gasteiger partial charge < -0.3 is 15.0 Å². The van der Waals surface area contributed by atoms with Crippen molar-refractivity contribution < 1.29 is 4.74 Å². The largest absolute Gasteiger partial charge is 0.497 e. The van der Waals surface area contributed by atoms with Crippen LogP contribution in [0.25, 0.3) is 11.1 Å². The zero-order valence-electron chi connectivity index (χ0n) is 9.60. The van der Waals surface area contributed by atoms with Gasteiger partial charge in [-0.2, -0.15) is 0 Å². The predicted octanol–water partition coefficient (Wildman–Crippen LogP) is 2.77. The van der Waals surface area contributed by atoms with Crippen molar-refractivity contribution in [1.82, 2.24) is 4.57 Å². The van der Waals surface area contributed by atoms with E-state index in [0.29, 0.717) is 0 Å². The van der Waals surface area contributed by atoms with Crippen LogP contribution in [0.2, 0.25) is 0 Å². The zero-order valence-corrected chi connectivity index (χ0v) is 9.60. The standard InChI is InChI=1S/C13H16N2O/c1-3-15-8-7-12(13(15)14)10-5-4-6-11(9-10)16-2/h4-9H,3,14H2,1-2H3. The number of methoxy groups -OCH3 is 1. The molecular weight excluding hydrogens is 200 g/mol. The van der Waals surface area contributed by atoms with Gasteiger partial charge in [-0.1, -0.05) is 12.1 Å². The van der Waals surface area contributed by atoms with E-state index in [4.69, 9.17) is 10.5 Å². The number of ether oxygens (including phenoxy) is 1. The van der Waals surface area contributed by atoms with Crippen LogP contribution in [0, 0.1) is 0 Å². The Labute approximate surface area is 95.5 Å². The molecule has 1 heterocycles. The van der Waals surface area contributed by atoms with Crippen LogP contribution in [0.4, 0.5) is 5.82 Å². The third-order valence-corrected chi connectivity index (χ3v) is 2.73. The Morgan fingerprint density at radius 3 is 2.75 bits per heavy atom. The molecule has 1 aromatic carbocycles. The van der Waals surface area contributed by atoms with Gasteiger partial charge in [0.15, 0.2) is 0 Å². The first kappa shape index (κ1) is 10.6. The lowest BCUT2D eigenvalue weighted by molar-refractivity contribution is 0.415. The van der Waals surface area contributed by atoms with Gasteiger partial charge in [-0.05, 0) is 30.7 Å². The van der Waals surface area contributed by atoms with Crippen molar-refractivity contribution in [2.24, 2.45) is 0 Å². The van der Waals surface area contributed by atoms with Crippen molar-refractivity contribution in [2.45, 2.75) is 13.5 Å². The van der Waals surface area contributed by atoms with Crippen molar-refractivity contribution in [2.75, 3.05) is 12.8 Å². The van der Waals surface area contributed by atoms with Gasteiger partial charge in [0.05, 0.1) is 7.11 Å². The normalized spacial score (nSPS) is 10.4. The van der Waals surface area contributed by atoms with Crippen LogP contribution in [0.5, 0.6) is 5.75 Å². The second-order valence-corrected chi connectivity index (χ2v) is 3.63. The number of rotatable bonds is 3. The van der Waals surface area contributed by atoms with Crippen molar-refractivity contribution in [3.8, 4) is 16.9 Å². The van der Waals surface area contributed by atoms with Crippen LogP contribution < -0.4 is 10.5 Å². The molecule has 0 radical (unpaired) electrons. The summed E-state index contributed by atoms with van der Waals surface area (Å²) in [4.78, 5) is 0. The molecule has 2 rings (SSSR count). The Morgan fingerprint density at radius 1 is 1.31 bits per heavy atom. The van der Waals surface area contributed by atoms with Gasteiger partial charge in [-0.3, -0.25) is 0 Å². The van der Waals surface area contributed by atoms with Crippen LogP contribution in [0.15, 0.2) is 36.5 Å². The second-order valence-electron chi connectivity index (χ2n) is 3.63. The van der Waals surface area contributed by atoms with E-state index in [1.807, 2.05) is 41.1 Å². The molecule has 0 unspecified atom stereocenters. The number of aryl methyl sites for hydroxylation is 1. The minimum Gasteiger partial charge on any atom is -0.497 e. The van der Waals surface area contributed by atoms with Gasteiger partial charge in [0.25, 0.3) is 0 Å². The van der Waals surface area contributed by atoms with Gasteiger partial charge >= 0.3 is 0 Å². The number of benzene rings is 1. The van der Waals surface area contributed by atoms with Crippen LogP contribution in [0.1, 0.15) is 6.92 Å². The molecule has 0 aliphatic heterocycles. The highest BCUT2D eigenvalue weighted by molar-refractivity contribution is 5.75. The van der Waals surface area contributed by atoms with E-state index in [2.05, 4.69) is 6.92 Å². The Kier molecular flexibility index (Phi) is 2.86. The molecule has 0 bridgehead atoms. The lowest BCUT2D eigenvalue weighted by Crippen LogP contribution is -1.99. The number of nitrogens with zero attached hydrogens (tertiary/aromatic N) is 1. The quantitative estimate of drug-likeness (QED) is 0.857. The molecule has 0 saturated heterocycles. The molecule has 3 heteroatoms. The lowest BCUT2D eigenvalue weighted by atomic mass is 10.1. The summed E-state index contributed by atoms with van der Waals surface area (Å²) in [5.74, 6) is 1.65. The van der Waals surface area contributed by atoms with E-state index in [-0.39, 0.29) is 0 Å². The molecule has 0 saturated carbocycles. The van der Waals surface area contributed by atoms with E-state index in [0.717, 1.165) is 29.2 Å². The van der Waals surface area contributed by atoms with E-state index >= 15 is 0 Å². The molecule has 0 amide bonds. The molecule has 84 valence electrons. The summed E-state index contributed by atoms with van der Waals surface area (Å²) in [5, 5.41) is 0. The fourth-order valence-electron chi connectivity index (χ4n) is 1.80. The molecule has 1 aromatic heterocycles. The number of nitrogen functional groups attached to an aromatic ring is 1. The van der Waals surface area contributed by atoms with Gasteiger partial charge in [0.2, 0.25) is 0 Å². The van der Waals surface area contributed by atoms with Gasteiger partial charge in [-0.25, -0.2) is 0 Å². The molecule has 0 fully saturated rings. The fraction of sp³-hybridized carbons (Fsp3) is 0.231. The SMILES string of the molecule is CCn1ccc(-c2cccc(OC)c2)c1N. The van der Waals surface area contributed by atoms with Gasteiger partial charge in [-0.15, -0.1) is 0 Å². The zero-order chi connectivity index (χ0) is 11.5. The Balaban J connectivity index is 2.45. The maximum atomic E-state index is 6.06. The number of hydrogen-bond acceptors (Lipinski definition) is 2. The van der Waals surface area contributed by atoms with Crippen molar-refractivity contribution >= 4 is 5.82 Å². The molecule has 0 aliphatic rings. The topological polar surface area (TPSA) is 40.2 Å². The molecule has 0 atom stereocenters. The van der Waals surface area contributed by atoms with Crippen molar-refractivity contribution in [3.05, 3.63) is 36.5 Å². The van der Waals surface area contributed by atoms with Gasteiger partial charge in [0.1, 0.15) is 11.6 Å². The molecule has 0 aliphatic carbocycles. The van der Waals surface area contributed by atoms with Crippen LogP contribution in [-0.2, 0) is 6.54 Å². The summed E-state index contributed by atoms with van der Waals surface area (Å²) in [6.07, 6.45) is 2.00. The summed E-state index contributed by atoms with van der Waals surface area (Å²) in [5.41, 5.74) is 8.20. The van der Waals surface area contributed by atoms with Crippen molar-refractivity contribution in [3.63, 3.8) is 0 Å². The summed E-state index contributed by atoms with van der Waals surface area (Å²) >= 11 is 0. The second kappa shape index (κ2) is 4.31. The average molecular weight is 216 g/mol. The smallest absolute Gasteiger partial charge is 0.119 e. The third-order valence-electron chi connectivity index (χ3n) is 2.73. The molecule has 2 N–H and O–H groups in total. The highest BCUT2D eigenvalue weighted by Gasteiger charge is 2.07. The first-order valence-electron chi connectivity index (χ1n) is 5.35. The predicted molar refractivity (Wildman–Crippen MR) is 66.5 cm³/mol. The monoisotopic (exact) mass is 216 g/mol. The maximum Gasteiger partial charge on any atom is 0.119 e. The number of nitrogens with two attached hydrogens (primary N) is 1. The van der Waals surface area contributed by atoms with Crippen molar-refractivity contribution in [1.29, 1.82) is 0 Å². The van der Waals surface area contributed by atoms with E-state index in [1.54, 1.807) is 7.11 Å². The first-order chi connectivity index (χ1) is 7.76. The number of anilines is 1. The summed E-state index contributed by atoms with van der Waals surface area (Å²) < 4.78 is 7.22. The van der Waals surface area contributed by atoms with Crippen LogP contribution in [-0.4, -0.2) is 11.7 Å². The molecule has 0 spiro atoms. The molecule has 2 aromatic rings. The summed E-state index contributed by atoms with van der Waals surface area (Å²) in [6, 6.07) is 9.96. The minimum atomic E-state index is 0.802. The van der Waals surface area contributed by atoms with Crippen LogP contribution >= 0.6 is 0 Å². The Hall–Kier alpha value is -1.90. The first-order valence-corrected chi connectivity index (χ1v) is 5.35. The maximum absolute atomic E-state index is 6.06. The molecular formula is C13H16N2O. The Bertz CT molecular complexity index is 488. The van der Waals surface area contributed by atoms with Crippen LogP contribution in [0.3, 0.4) is 0 Å². The minimum absolute atomic E-state index is 0.802. The summed E-state index contributed by atoms with van der Waals surface area (Å²) in [7, 11) is 1.67. The fourth-order valence-corrected chi connectivity index (χ4v) is 1.80. The highest BCUT2D eigenvalue weighted by atomic mass is 16.5. The molecule has 3 nitrogen and oxygen atoms in total. The average Bonchev–Trinajstić information content (AvgIpc) is 2.70. The highest BCUT2D eigenvalue weighted by Crippen LogP contribution is 2.29. The Morgan fingerprint density at radius 2 is 2.12 bits per heavy atom. The van der Waals surface area contributed by atoms with Gasteiger partial charge in [0, 0.05) is 18.3 Å². The number of hydrogen-bond donors (Lipinski definition) is 1. The molecule has 16 heavy (non-hydrogen) atoms. The van der Waals surface area contributed by atoms with E-state index < -0.39 is 0 Å².